The number of ether oxygens (including phenoxy) is 1. The number of carbonyl (C=O) groups excluding carboxylic acids is 2. The summed E-state index contributed by atoms with van der Waals surface area (Å²) in [5.41, 5.74) is 3.44. The first-order valence-corrected chi connectivity index (χ1v) is 12.2. The van der Waals surface area contributed by atoms with E-state index in [1.165, 1.54) is 0 Å². The number of fused-ring (bicyclic) bond motifs is 1. The quantitative estimate of drug-likeness (QED) is 0.654. The van der Waals surface area contributed by atoms with Crippen molar-refractivity contribution in [3.05, 3.63) is 0 Å². The van der Waals surface area contributed by atoms with Crippen molar-refractivity contribution >= 4 is 11.8 Å². The molecule has 2 aliphatic carbocycles. The van der Waals surface area contributed by atoms with Gasteiger partial charge in [-0.2, -0.15) is 0 Å². The maximum absolute atomic E-state index is 13.1. The van der Waals surface area contributed by atoms with E-state index in [1.54, 1.807) is 6.92 Å². The van der Waals surface area contributed by atoms with Gasteiger partial charge < -0.3 is 19.6 Å². The smallest absolute Gasteiger partial charge is 0.226 e. The predicted octanol–water partition coefficient (Wildman–Crippen LogP) is 0.458. The SMILES string of the molecule is CC(=O)N1C2CCC(C3CNN(CC4(CO)COC4)C3)CC2N(C(=O)C2CC2)C[C@@H]1C. The number of hydrogen-bond donors (Lipinski definition) is 2. The number of piperazine rings is 1. The molecule has 0 spiro atoms. The fourth-order valence-electron chi connectivity index (χ4n) is 6.57. The Hall–Kier alpha value is -1.22. The molecule has 5 fully saturated rings. The van der Waals surface area contributed by atoms with E-state index in [0.717, 1.165) is 51.7 Å². The lowest BCUT2D eigenvalue weighted by Crippen LogP contribution is -2.67. The Kier molecular flexibility index (Phi) is 5.78. The van der Waals surface area contributed by atoms with Gasteiger partial charge in [-0.05, 0) is 50.9 Å². The van der Waals surface area contributed by atoms with Crippen LogP contribution in [-0.4, -0.2) is 95.9 Å². The minimum Gasteiger partial charge on any atom is -0.396 e. The summed E-state index contributed by atoms with van der Waals surface area (Å²) in [4.78, 5) is 29.8. The van der Waals surface area contributed by atoms with Crippen LogP contribution in [0.5, 0.6) is 0 Å². The molecule has 0 bridgehead atoms. The highest BCUT2D eigenvalue weighted by atomic mass is 16.5. The lowest BCUT2D eigenvalue weighted by molar-refractivity contribution is -0.155. The van der Waals surface area contributed by atoms with E-state index in [2.05, 4.69) is 27.2 Å². The van der Waals surface area contributed by atoms with Gasteiger partial charge in [-0.3, -0.25) is 15.0 Å². The van der Waals surface area contributed by atoms with E-state index in [-0.39, 0.29) is 42.0 Å². The lowest BCUT2D eigenvalue weighted by atomic mass is 9.73. The fourth-order valence-corrected chi connectivity index (χ4v) is 6.57. The van der Waals surface area contributed by atoms with E-state index in [4.69, 9.17) is 4.74 Å². The summed E-state index contributed by atoms with van der Waals surface area (Å²) in [6, 6.07) is 0.418. The molecule has 5 atom stereocenters. The maximum Gasteiger partial charge on any atom is 0.226 e. The molecule has 3 heterocycles. The minimum absolute atomic E-state index is 0.0982. The van der Waals surface area contributed by atoms with Crippen molar-refractivity contribution in [1.29, 1.82) is 0 Å². The third-order valence-corrected chi connectivity index (χ3v) is 8.47. The third kappa shape index (κ3) is 4.01. The van der Waals surface area contributed by atoms with Crippen molar-refractivity contribution < 1.29 is 19.4 Å². The summed E-state index contributed by atoms with van der Waals surface area (Å²) < 4.78 is 5.35. The number of amides is 2. The molecule has 2 amide bonds. The monoisotopic (exact) mass is 434 g/mol. The molecule has 2 N–H and O–H groups in total. The summed E-state index contributed by atoms with van der Waals surface area (Å²) in [6.45, 7) is 8.64. The van der Waals surface area contributed by atoms with E-state index >= 15 is 0 Å². The maximum atomic E-state index is 13.1. The van der Waals surface area contributed by atoms with Crippen LogP contribution in [0.3, 0.4) is 0 Å². The second-order valence-corrected chi connectivity index (χ2v) is 10.9. The van der Waals surface area contributed by atoms with Crippen LogP contribution < -0.4 is 5.43 Å². The Morgan fingerprint density at radius 3 is 2.48 bits per heavy atom. The van der Waals surface area contributed by atoms with Crippen molar-refractivity contribution in [2.24, 2.45) is 23.2 Å². The van der Waals surface area contributed by atoms with Gasteiger partial charge in [-0.15, -0.1) is 0 Å². The average molecular weight is 435 g/mol. The van der Waals surface area contributed by atoms with Crippen molar-refractivity contribution in [3.63, 3.8) is 0 Å². The fraction of sp³-hybridized carbons (Fsp3) is 0.913. The van der Waals surface area contributed by atoms with Crippen LogP contribution in [0.2, 0.25) is 0 Å². The molecule has 8 nitrogen and oxygen atoms in total. The van der Waals surface area contributed by atoms with Gasteiger partial charge in [-0.1, -0.05) is 0 Å². The summed E-state index contributed by atoms with van der Waals surface area (Å²) in [5.74, 6) is 1.79. The van der Waals surface area contributed by atoms with Crippen LogP contribution in [0.1, 0.15) is 46.0 Å². The van der Waals surface area contributed by atoms with E-state index < -0.39 is 0 Å². The zero-order valence-electron chi connectivity index (χ0n) is 19.0. The van der Waals surface area contributed by atoms with Crippen LogP contribution in [0.15, 0.2) is 0 Å². The standard InChI is InChI=1S/C23H38N4O4/c1-15-9-26(22(30)17-3-4-17)21-7-18(5-6-20(21)27(15)16(2)29)19-8-24-25(10-19)11-23(12-28)13-31-14-23/h15,17-21,24,28H,3-14H2,1-2H3/t15-,18?,19?,20?,21?/m0/s1. The number of nitrogens with zero attached hydrogens (tertiary/aromatic N) is 3. The lowest BCUT2D eigenvalue weighted by Gasteiger charge is -2.54. The minimum atomic E-state index is -0.117. The molecule has 3 saturated heterocycles. The molecular weight excluding hydrogens is 396 g/mol. The Morgan fingerprint density at radius 1 is 1.10 bits per heavy atom. The molecule has 8 heteroatoms. The molecular formula is C23H38N4O4. The molecule has 0 aromatic rings. The Bertz CT molecular complexity index is 704. The van der Waals surface area contributed by atoms with Gasteiger partial charge in [0.15, 0.2) is 0 Å². The molecule has 0 radical (unpaired) electrons. The number of hydrazine groups is 1. The van der Waals surface area contributed by atoms with Gasteiger partial charge in [0.2, 0.25) is 11.8 Å². The van der Waals surface area contributed by atoms with Crippen molar-refractivity contribution in [1.82, 2.24) is 20.2 Å². The van der Waals surface area contributed by atoms with E-state index in [0.29, 0.717) is 37.5 Å². The van der Waals surface area contributed by atoms with E-state index in [1.807, 2.05) is 0 Å². The van der Waals surface area contributed by atoms with Gasteiger partial charge in [-0.25, -0.2) is 5.01 Å². The largest absolute Gasteiger partial charge is 0.396 e. The van der Waals surface area contributed by atoms with Crippen molar-refractivity contribution in [3.8, 4) is 0 Å². The normalized spacial score (nSPS) is 38.0. The third-order valence-electron chi connectivity index (χ3n) is 8.47. The predicted molar refractivity (Wildman–Crippen MR) is 115 cm³/mol. The second-order valence-electron chi connectivity index (χ2n) is 10.9. The Balaban J connectivity index is 1.26. The first kappa shape index (κ1) is 21.6. The van der Waals surface area contributed by atoms with Gasteiger partial charge in [0, 0.05) is 45.1 Å². The Labute approximate surface area is 185 Å². The van der Waals surface area contributed by atoms with Crippen molar-refractivity contribution in [2.75, 3.05) is 46.0 Å². The molecule has 174 valence electrons. The molecule has 3 aliphatic heterocycles. The van der Waals surface area contributed by atoms with Crippen LogP contribution in [0.25, 0.3) is 0 Å². The first-order valence-electron chi connectivity index (χ1n) is 12.2. The average Bonchev–Trinajstić information content (AvgIpc) is 3.47. The number of hydrogen-bond acceptors (Lipinski definition) is 6. The van der Waals surface area contributed by atoms with Gasteiger partial charge in [0.1, 0.15) is 0 Å². The number of carbonyl (C=O) groups is 2. The summed E-state index contributed by atoms with van der Waals surface area (Å²) >= 11 is 0. The molecule has 4 unspecified atom stereocenters. The molecule has 2 saturated carbocycles. The molecule has 5 rings (SSSR count). The van der Waals surface area contributed by atoms with Gasteiger partial charge in [0.05, 0.1) is 37.3 Å². The Morgan fingerprint density at radius 2 is 1.87 bits per heavy atom. The second kappa shape index (κ2) is 8.28. The summed E-state index contributed by atoms with van der Waals surface area (Å²) in [5, 5.41) is 12.0. The molecule has 5 aliphatic rings. The molecule has 0 aromatic carbocycles. The number of nitrogens with one attached hydrogen (secondary N) is 1. The highest BCUT2D eigenvalue weighted by molar-refractivity contribution is 5.82. The van der Waals surface area contributed by atoms with E-state index in [9.17, 15) is 14.7 Å². The zero-order valence-corrected chi connectivity index (χ0v) is 19.0. The first-order chi connectivity index (χ1) is 14.9. The van der Waals surface area contributed by atoms with Crippen LogP contribution in [0.4, 0.5) is 0 Å². The number of aliphatic hydroxyl groups excluding tert-OH is 1. The van der Waals surface area contributed by atoms with Crippen LogP contribution in [0, 0.1) is 23.2 Å². The molecule has 0 aromatic heterocycles. The van der Waals surface area contributed by atoms with Crippen LogP contribution >= 0.6 is 0 Å². The van der Waals surface area contributed by atoms with Gasteiger partial charge >= 0.3 is 0 Å². The number of rotatable bonds is 5. The van der Waals surface area contributed by atoms with Crippen LogP contribution in [-0.2, 0) is 14.3 Å². The highest BCUT2D eigenvalue weighted by Gasteiger charge is 2.50. The highest BCUT2D eigenvalue weighted by Crippen LogP contribution is 2.42. The number of aliphatic hydroxyl groups is 1. The topological polar surface area (TPSA) is 85.3 Å². The summed E-state index contributed by atoms with van der Waals surface area (Å²) in [7, 11) is 0. The zero-order chi connectivity index (χ0) is 21.8. The summed E-state index contributed by atoms with van der Waals surface area (Å²) in [6.07, 6.45) is 5.14. The molecule has 31 heavy (non-hydrogen) atoms. The van der Waals surface area contributed by atoms with Gasteiger partial charge in [0.25, 0.3) is 0 Å². The van der Waals surface area contributed by atoms with Crippen molar-refractivity contribution in [2.45, 2.75) is 64.1 Å².